The Balaban J connectivity index is 1.36. The maximum Gasteiger partial charge on any atom is 0.209 e. The van der Waals surface area contributed by atoms with E-state index in [1.165, 1.54) is 28.2 Å². The number of nitrogens with one attached hydrogen (secondary N) is 1. The fraction of sp³-hybridized carbons (Fsp3) is 0.333. The molecule has 4 rings (SSSR count). The second kappa shape index (κ2) is 8.43. The molecule has 1 aliphatic heterocycles. The maximum atomic E-state index is 5.54. The molecule has 0 aliphatic carbocycles. The Hall–Kier alpha value is -2.22. The highest BCUT2D eigenvalue weighted by atomic mass is 32.1. The van der Waals surface area contributed by atoms with Gasteiger partial charge in [0, 0.05) is 37.6 Å². The molecule has 5 nitrogen and oxygen atoms in total. The van der Waals surface area contributed by atoms with Gasteiger partial charge in [-0.3, -0.25) is 4.90 Å². The van der Waals surface area contributed by atoms with Crippen molar-refractivity contribution in [2.75, 3.05) is 36.4 Å². The van der Waals surface area contributed by atoms with Crippen LogP contribution < -0.4 is 10.2 Å². The van der Waals surface area contributed by atoms with Crippen LogP contribution in [-0.2, 0) is 6.67 Å². The van der Waals surface area contributed by atoms with Crippen LogP contribution >= 0.6 is 23.6 Å². The number of piperazine rings is 1. The summed E-state index contributed by atoms with van der Waals surface area (Å²) >= 11 is 7.06. The molecule has 1 N–H and O–H groups in total. The van der Waals surface area contributed by atoms with E-state index in [0.717, 1.165) is 47.6 Å². The molecular formula is C21H25N5S2. The lowest BCUT2D eigenvalue weighted by Gasteiger charge is -2.36. The summed E-state index contributed by atoms with van der Waals surface area (Å²) in [5.74, 6) is 0. The Morgan fingerprint density at radius 2 is 1.71 bits per heavy atom. The van der Waals surface area contributed by atoms with Crippen LogP contribution in [0.5, 0.6) is 0 Å². The van der Waals surface area contributed by atoms with Crippen LogP contribution in [0.3, 0.4) is 0 Å². The number of nitrogens with zero attached hydrogens (tertiary/aromatic N) is 4. The molecule has 0 saturated carbocycles. The minimum Gasteiger partial charge on any atom is -0.369 e. The fourth-order valence-corrected chi connectivity index (χ4v) is 4.47. The highest BCUT2D eigenvalue weighted by molar-refractivity contribution is 7.73. The zero-order valence-corrected chi connectivity index (χ0v) is 17.9. The van der Waals surface area contributed by atoms with E-state index in [4.69, 9.17) is 12.2 Å². The lowest BCUT2D eigenvalue weighted by Crippen LogP contribution is -2.47. The first-order valence-electron chi connectivity index (χ1n) is 9.52. The van der Waals surface area contributed by atoms with Crippen LogP contribution in [0.2, 0.25) is 0 Å². The van der Waals surface area contributed by atoms with Crippen molar-refractivity contribution in [3.63, 3.8) is 0 Å². The van der Waals surface area contributed by atoms with Gasteiger partial charge in [0.2, 0.25) is 5.13 Å². The molecule has 2 heterocycles. The normalized spacial score (nSPS) is 15.0. The lowest BCUT2D eigenvalue weighted by atomic mass is 10.2. The first kappa shape index (κ1) is 19.1. The largest absolute Gasteiger partial charge is 0.369 e. The molecule has 1 aromatic heterocycles. The van der Waals surface area contributed by atoms with Crippen molar-refractivity contribution in [2.24, 2.45) is 0 Å². The van der Waals surface area contributed by atoms with Crippen LogP contribution in [0.4, 0.5) is 16.5 Å². The van der Waals surface area contributed by atoms with Crippen molar-refractivity contribution in [1.82, 2.24) is 14.7 Å². The summed E-state index contributed by atoms with van der Waals surface area (Å²) in [6, 6.07) is 17.0. The summed E-state index contributed by atoms with van der Waals surface area (Å²) in [6.07, 6.45) is 0. The third kappa shape index (κ3) is 4.60. The van der Waals surface area contributed by atoms with E-state index in [9.17, 15) is 0 Å². The van der Waals surface area contributed by atoms with Crippen molar-refractivity contribution in [1.29, 1.82) is 0 Å². The summed E-state index contributed by atoms with van der Waals surface area (Å²) in [4.78, 5) is 4.87. The van der Waals surface area contributed by atoms with Gasteiger partial charge in [-0.15, -0.1) is 5.10 Å². The highest BCUT2D eigenvalue weighted by Crippen LogP contribution is 2.22. The summed E-state index contributed by atoms with van der Waals surface area (Å²) in [7, 11) is 0. The standard InChI is InChI=1S/C21H25N5S2/c1-16-5-3-7-18(13-16)22-20-23-26(21(27)28-20)15-24-9-11-25(12-10-24)19-8-4-6-17(2)14-19/h3-8,13-14H,9-12,15H2,1-2H3,(H,22,23). The Morgan fingerprint density at radius 3 is 2.43 bits per heavy atom. The van der Waals surface area contributed by atoms with Gasteiger partial charge >= 0.3 is 0 Å². The van der Waals surface area contributed by atoms with Crippen LogP contribution in [0.25, 0.3) is 0 Å². The van der Waals surface area contributed by atoms with Gasteiger partial charge in [-0.05, 0) is 61.5 Å². The van der Waals surface area contributed by atoms with Crippen molar-refractivity contribution in [2.45, 2.75) is 20.5 Å². The first-order chi connectivity index (χ1) is 13.6. The van der Waals surface area contributed by atoms with E-state index >= 15 is 0 Å². The molecule has 2 aromatic carbocycles. The van der Waals surface area contributed by atoms with Gasteiger partial charge in [-0.25, -0.2) is 4.68 Å². The van der Waals surface area contributed by atoms with E-state index in [1.807, 2.05) is 16.8 Å². The second-order valence-corrected chi connectivity index (χ2v) is 8.88. The molecule has 0 bridgehead atoms. The Morgan fingerprint density at radius 1 is 1.00 bits per heavy atom. The molecule has 1 fully saturated rings. The quantitative estimate of drug-likeness (QED) is 0.610. The molecule has 0 atom stereocenters. The van der Waals surface area contributed by atoms with Gasteiger partial charge in [0.15, 0.2) is 3.95 Å². The fourth-order valence-electron chi connectivity index (χ4n) is 3.45. The molecule has 1 saturated heterocycles. The van der Waals surface area contributed by atoms with Gasteiger partial charge in [0.25, 0.3) is 0 Å². The third-order valence-electron chi connectivity index (χ3n) is 4.95. The first-order valence-corrected chi connectivity index (χ1v) is 10.7. The molecule has 1 aliphatic rings. The average molecular weight is 412 g/mol. The predicted molar refractivity (Wildman–Crippen MR) is 120 cm³/mol. The summed E-state index contributed by atoms with van der Waals surface area (Å²) < 4.78 is 2.73. The molecule has 0 spiro atoms. The van der Waals surface area contributed by atoms with Crippen molar-refractivity contribution >= 4 is 40.1 Å². The number of anilines is 3. The minimum absolute atomic E-state index is 0.743. The van der Waals surface area contributed by atoms with Gasteiger partial charge in [-0.1, -0.05) is 35.6 Å². The van der Waals surface area contributed by atoms with Crippen molar-refractivity contribution in [3.05, 3.63) is 63.6 Å². The smallest absolute Gasteiger partial charge is 0.209 e. The van der Waals surface area contributed by atoms with Crippen molar-refractivity contribution in [3.8, 4) is 0 Å². The molecule has 146 valence electrons. The number of hydrogen-bond donors (Lipinski definition) is 1. The van der Waals surface area contributed by atoms with Crippen LogP contribution in [0.15, 0.2) is 48.5 Å². The Labute approximate surface area is 175 Å². The lowest BCUT2D eigenvalue weighted by molar-refractivity contribution is 0.195. The number of aryl methyl sites for hydroxylation is 2. The molecule has 0 amide bonds. The Kier molecular flexibility index (Phi) is 5.75. The zero-order valence-electron chi connectivity index (χ0n) is 16.3. The molecular weight excluding hydrogens is 386 g/mol. The van der Waals surface area contributed by atoms with Gasteiger partial charge in [0.05, 0.1) is 6.67 Å². The summed E-state index contributed by atoms with van der Waals surface area (Å²) in [5.41, 5.74) is 4.89. The van der Waals surface area contributed by atoms with E-state index in [-0.39, 0.29) is 0 Å². The van der Waals surface area contributed by atoms with Crippen LogP contribution in [0.1, 0.15) is 11.1 Å². The SMILES string of the molecule is Cc1cccc(Nc2nn(CN3CCN(c4cccc(C)c4)CC3)c(=S)s2)c1. The van der Waals surface area contributed by atoms with Crippen molar-refractivity contribution < 1.29 is 0 Å². The average Bonchev–Trinajstić information content (AvgIpc) is 3.01. The van der Waals surface area contributed by atoms with Gasteiger partial charge in [-0.2, -0.15) is 0 Å². The number of aromatic nitrogens is 2. The number of hydrogen-bond acceptors (Lipinski definition) is 6. The molecule has 28 heavy (non-hydrogen) atoms. The minimum atomic E-state index is 0.743. The van der Waals surface area contributed by atoms with E-state index in [2.05, 4.69) is 70.5 Å². The van der Waals surface area contributed by atoms with E-state index in [0.29, 0.717) is 0 Å². The maximum absolute atomic E-state index is 5.54. The highest BCUT2D eigenvalue weighted by Gasteiger charge is 2.18. The number of benzene rings is 2. The Bertz CT molecular complexity index is 1000. The van der Waals surface area contributed by atoms with E-state index < -0.39 is 0 Å². The predicted octanol–water partition coefficient (Wildman–Crippen LogP) is 4.81. The van der Waals surface area contributed by atoms with Gasteiger partial charge in [0.1, 0.15) is 0 Å². The zero-order chi connectivity index (χ0) is 19.5. The summed E-state index contributed by atoms with van der Waals surface area (Å²) in [6.45, 7) is 9.03. The summed E-state index contributed by atoms with van der Waals surface area (Å²) in [5, 5.41) is 8.89. The van der Waals surface area contributed by atoms with Crippen LogP contribution in [0, 0.1) is 17.8 Å². The third-order valence-corrected chi connectivity index (χ3v) is 6.17. The van der Waals surface area contributed by atoms with E-state index in [1.54, 1.807) is 0 Å². The monoisotopic (exact) mass is 411 g/mol. The topological polar surface area (TPSA) is 36.3 Å². The molecule has 7 heteroatoms. The van der Waals surface area contributed by atoms with Crippen LogP contribution in [-0.4, -0.2) is 40.9 Å². The van der Waals surface area contributed by atoms with Gasteiger partial charge < -0.3 is 10.2 Å². The molecule has 0 unspecified atom stereocenters. The molecule has 3 aromatic rings. The number of rotatable bonds is 5. The molecule has 0 radical (unpaired) electrons. The second-order valence-electron chi connectivity index (χ2n) is 7.25.